The van der Waals surface area contributed by atoms with Crippen LogP contribution in [-0.2, 0) is 33.0 Å². The number of aliphatic hydroxyl groups excluding tert-OH is 1. The number of carbonyl (C=O) groups is 3. The van der Waals surface area contributed by atoms with E-state index in [1.807, 2.05) is 24.3 Å². The maximum Gasteiger partial charge on any atom is 0.345 e. The van der Waals surface area contributed by atoms with E-state index in [0.717, 1.165) is 11.1 Å². The van der Waals surface area contributed by atoms with Gasteiger partial charge in [-0.1, -0.05) is 72.8 Å². The Morgan fingerprint density at radius 1 is 0.830 bits per heavy atom. The summed E-state index contributed by atoms with van der Waals surface area (Å²) in [5.41, 5.74) is 0.302. The molecule has 0 bridgehead atoms. The van der Waals surface area contributed by atoms with Gasteiger partial charge in [0.05, 0.1) is 18.0 Å². The summed E-state index contributed by atoms with van der Waals surface area (Å²) in [4.78, 5) is 51.6. The Labute approximate surface area is 304 Å². The number of aromatic nitrogens is 1. The fraction of sp³-hybridized carbons (Fsp3) is 0.250. The molecule has 0 radical (unpaired) electrons. The fourth-order valence-electron chi connectivity index (χ4n) is 6.43. The van der Waals surface area contributed by atoms with Crippen LogP contribution < -0.4 is 26.2 Å². The summed E-state index contributed by atoms with van der Waals surface area (Å²) < 4.78 is 5.61. The first-order valence-electron chi connectivity index (χ1n) is 17.1. The molecule has 13 nitrogen and oxygen atoms in total. The van der Waals surface area contributed by atoms with Crippen LogP contribution in [0.2, 0.25) is 0 Å². The number of aromatic hydroxyl groups is 1. The smallest absolute Gasteiger partial charge is 0.345 e. The molecule has 1 aliphatic rings. The van der Waals surface area contributed by atoms with Crippen LogP contribution in [0.4, 0.5) is 0 Å². The van der Waals surface area contributed by atoms with E-state index in [2.05, 4.69) is 20.9 Å². The van der Waals surface area contributed by atoms with Crippen LogP contribution in [0.25, 0.3) is 10.9 Å². The first-order chi connectivity index (χ1) is 25.5. The van der Waals surface area contributed by atoms with E-state index in [1.54, 1.807) is 42.5 Å². The zero-order chi connectivity index (χ0) is 37.5. The number of hydrogen-bond donors (Lipinski definition) is 8. The molecule has 53 heavy (non-hydrogen) atoms. The van der Waals surface area contributed by atoms with Crippen molar-refractivity contribution in [3.8, 4) is 11.5 Å². The highest BCUT2D eigenvalue weighted by atomic mass is 16.5. The largest absolute Gasteiger partial charge is 0.506 e. The lowest BCUT2D eigenvalue weighted by Gasteiger charge is -2.36. The number of benzene rings is 4. The van der Waals surface area contributed by atoms with Gasteiger partial charge in [-0.15, -0.1) is 0 Å². The van der Waals surface area contributed by atoms with Crippen molar-refractivity contribution in [3.05, 3.63) is 141 Å². The molecule has 274 valence electrons. The molecule has 5 aromatic rings. The lowest BCUT2D eigenvalue weighted by molar-refractivity contribution is -0.155. The van der Waals surface area contributed by atoms with Gasteiger partial charge in [-0.2, -0.15) is 0 Å². The fourth-order valence-corrected chi connectivity index (χ4v) is 6.43. The van der Waals surface area contributed by atoms with Crippen LogP contribution in [0.1, 0.15) is 46.8 Å². The summed E-state index contributed by atoms with van der Waals surface area (Å²) >= 11 is 0. The van der Waals surface area contributed by atoms with Crippen LogP contribution in [0.15, 0.2) is 108 Å². The van der Waals surface area contributed by atoms with Crippen LogP contribution in [-0.4, -0.2) is 68.4 Å². The van der Waals surface area contributed by atoms with Crippen molar-refractivity contribution in [2.24, 2.45) is 0 Å². The van der Waals surface area contributed by atoms with Crippen molar-refractivity contribution < 1.29 is 39.5 Å². The van der Waals surface area contributed by atoms with E-state index in [-0.39, 0.29) is 77.2 Å². The quantitative estimate of drug-likeness (QED) is 0.0793. The number of aliphatic hydroxyl groups is 2. The number of pyridine rings is 1. The Morgan fingerprint density at radius 2 is 1.51 bits per heavy atom. The van der Waals surface area contributed by atoms with Crippen molar-refractivity contribution in [2.75, 3.05) is 13.2 Å². The van der Waals surface area contributed by atoms with Crippen molar-refractivity contribution in [1.82, 2.24) is 20.9 Å². The Hall–Kier alpha value is -6.02. The van der Waals surface area contributed by atoms with Crippen LogP contribution >= 0.6 is 0 Å². The number of carboxylic acids is 1. The number of aromatic amines is 1. The molecule has 0 spiro atoms. The molecule has 13 heteroatoms. The van der Waals surface area contributed by atoms with E-state index in [0.29, 0.717) is 30.3 Å². The first kappa shape index (κ1) is 36.8. The number of amides is 2. The predicted octanol–water partition coefficient (Wildman–Crippen LogP) is 2.76. The Bertz CT molecular complexity index is 2150. The number of carbonyl (C=O) groups excluding carboxylic acids is 2. The van der Waals surface area contributed by atoms with E-state index in [1.165, 1.54) is 36.4 Å². The van der Waals surface area contributed by atoms with Gasteiger partial charge >= 0.3 is 5.97 Å². The van der Waals surface area contributed by atoms with Gasteiger partial charge in [0, 0.05) is 42.2 Å². The molecule has 0 saturated heterocycles. The molecule has 0 aliphatic heterocycles. The summed E-state index contributed by atoms with van der Waals surface area (Å²) in [6.07, 6.45) is 0.469. The zero-order valence-electron chi connectivity index (χ0n) is 28.6. The molecule has 2 amide bonds. The van der Waals surface area contributed by atoms with Gasteiger partial charge in [-0.05, 0) is 59.4 Å². The van der Waals surface area contributed by atoms with Crippen LogP contribution in [0, 0.1) is 0 Å². The SMILES string of the molecule is O=C(COc1cccc(C(O)(C(=O)O)c2ccccc2)c1)NC1CC(NC(=O)Cc2ccc(CNCC(O)c3ccc(O)c4[nH]c(=O)ccc34)cc2)C1. The summed E-state index contributed by atoms with van der Waals surface area (Å²) in [7, 11) is 0. The second-order valence-electron chi connectivity index (χ2n) is 13.1. The topological polar surface area (TPSA) is 210 Å². The minimum absolute atomic E-state index is 0.0687. The number of carboxylic acid groups (broad SMARTS) is 1. The van der Waals surface area contributed by atoms with Crippen LogP contribution in [0.5, 0.6) is 11.5 Å². The van der Waals surface area contributed by atoms with Gasteiger partial charge in [0.15, 0.2) is 6.61 Å². The van der Waals surface area contributed by atoms with E-state index >= 15 is 0 Å². The van der Waals surface area contributed by atoms with Crippen molar-refractivity contribution in [3.63, 3.8) is 0 Å². The van der Waals surface area contributed by atoms with Gasteiger partial charge < -0.3 is 46.1 Å². The molecule has 6 rings (SSSR count). The minimum Gasteiger partial charge on any atom is -0.506 e. The molecule has 2 atom stereocenters. The van der Waals surface area contributed by atoms with Gasteiger partial charge in [0.25, 0.3) is 5.91 Å². The normalized spacial score (nSPS) is 16.9. The maximum atomic E-state index is 12.7. The Morgan fingerprint density at radius 3 is 2.23 bits per heavy atom. The molecular weight excluding hydrogens is 680 g/mol. The standard InChI is InChI=1S/C40H40N4O9/c45-33-15-13-31(32-14-16-35(47)44-38(32)33)34(46)22-41-21-25-11-9-24(10-12-25)17-36(48)42-28-19-29(20-28)43-37(49)23-53-30-8-4-7-27(18-30)40(52,39(50)51)26-5-2-1-3-6-26/h1-16,18,28-29,34,41,45-46,52H,17,19-23H2,(H,42,48)(H,43,49)(H,44,47)(H,50,51). The molecule has 1 heterocycles. The van der Waals surface area contributed by atoms with Crippen molar-refractivity contribution in [1.29, 1.82) is 0 Å². The summed E-state index contributed by atoms with van der Waals surface area (Å²) in [5.74, 6) is -1.77. The summed E-state index contributed by atoms with van der Waals surface area (Å²) in [5, 5.41) is 51.4. The molecule has 8 N–H and O–H groups in total. The van der Waals surface area contributed by atoms with Crippen LogP contribution in [0.3, 0.4) is 0 Å². The monoisotopic (exact) mass is 720 g/mol. The molecule has 1 aliphatic carbocycles. The van der Waals surface area contributed by atoms with E-state index in [4.69, 9.17) is 4.74 Å². The van der Waals surface area contributed by atoms with Crippen molar-refractivity contribution in [2.45, 2.75) is 49.6 Å². The molecule has 1 aromatic heterocycles. The highest BCUT2D eigenvalue weighted by Crippen LogP contribution is 2.32. The average molecular weight is 721 g/mol. The molecule has 1 fully saturated rings. The molecular formula is C40H40N4O9. The average Bonchev–Trinajstić information content (AvgIpc) is 3.14. The van der Waals surface area contributed by atoms with Crippen molar-refractivity contribution >= 4 is 28.7 Å². The molecule has 4 aromatic carbocycles. The summed E-state index contributed by atoms with van der Waals surface area (Å²) in [6.45, 7) is 0.409. The van der Waals surface area contributed by atoms with E-state index in [9.17, 15) is 39.6 Å². The van der Waals surface area contributed by atoms with E-state index < -0.39 is 17.7 Å². The third-order valence-corrected chi connectivity index (χ3v) is 9.31. The third kappa shape index (κ3) is 8.72. The summed E-state index contributed by atoms with van der Waals surface area (Å²) in [6, 6.07) is 27.4. The first-order valence-corrected chi connectivity index (χ1v) is 17.1. The second-order valence-corrected chi connectivity index (χ2v) is 13.1. The Kier molecular flexibility index (Phi) is 11.2. The maximum absolute atomic E-state index is 12.7. The number of phenolic OH excluding ortho intramolecular Hbond substituents is 1. The molecule has 1 saturated carbocycles. The number of phenols is 1. The lowest BCUT2D eigenvalue weighted by atomic mass is 9.86. The number of H-pyrrole nitrogens is 1. The number of nitrogens with one attached hydrogen (secondary N) is 4. The number of rotatable bonds is 15. The number of ether oxygens (including phenoxy) is 1. The van der Waals surface area contributed by atoms with Gasteiger partial charge in [-0.25, -0.2) is 4.79 Å². The van der Waals surface area contributed by atoms with Gasteiger partial charge in [-0.3, -0.25) is 14.4 Å². The lowest BCUT2D eigenvalue weighted by Crippen LogP contribution is -2.54. The molecule has 2 unspecified atom stereocenters. The number of aliphatic carboxylic acids is 1. The zero-order valence-corrected chi connectivity index (χ0v) is 28.6. The second kappa shape index (κ2) is 16.1. The van der Waals surface area contributed by atoms with Gasteiger partial charge in [0.1, 0.15) is 11.5 Å². The highest BCUT2D eigenvalue weighted by Gasteiger charge is 2.40. The minimum atomic E-state index is -2.29. The Balaban J connectivity index is 0.896. The number of fused-ring (bicyclic) bond motifs is 1. The predicted molar refractivity (Wildman–Crippen MR) is 195 cm³/mol. The highest BCUT2D eigenvalue weighted by molar-refractivity contribution is 5.87. The van der Waals surface area contributed by atoms with Gasteiger partial charge in [0.2, 0.25) is 17.1 Å². The third-order valence-electron chi connectivity index (χ3n) is 9.31. The number of hydrogen-bond acceptors (Lipinski definition) is 9.